The molecule has 3 rings (SSSR count). The second-order valence-corrected chi connectivity index (χ2v) is 8.11. The molecule has 0 atom stereocenters. The normalized spacial score (nSPS) is 15.9. The minimum Gasteiger partial charge on any atom is -0.378 e. The lowest BCUT2D eigenvalue weighted by Gasteiger charge is -2.14. The van der Waals surface area contributed by atoms with Gasteiger partial charge in [0.2, 0.25) is 0 Å². The van der Waals surface area contributed by atoms with Crippen LogP contribution in [0.5, 0.6) is 0 Å². The van der Waals surface area contributed by atoms with E-state index in [1.54, 1.807) is 4.90 Å². The molecule has 1 fully saturated rings. The molecule has 0 unspecified atom stereocenters. The zero-order valence-corrected chi connectivity index (χ0v) is 17.1. The molecule has 1 amide bonds. The van der Waals surface area contributed by atoms with E-state index in [2.05, 4.69) is 41.3 Å². The van der Waals surface area contributed by atoms with E-state index in [9.17, 15) is 4.79 Å². The number of thioether (sulfide) groups is 1. The fraction of sp³-hybridized carbons (Fsp3) is 0.182. The number of anilines is 1. The lowest BCUT2D eigenvalue weighted by Crippen LogP contribution is -2.30. The zero-order chi connectivity index (χ0) is 19.2. The summed E-state index contributed by atoms with van der Waals surface area (Å²) in [6.07, 6.45) is 6.56. The Morgan fingerprint density at radius 3 is 2.44 bits per heavy atom. The van der Waals surface area contributed by atoms with Gasteiger partial charge in [-0.05, 0) is 35.8 Å². The quantitative estimate of drug-likeness (QED) is 0.521. The third-order valence-electron chi connectivity index (χ3n) is 4.29. The van der Waals surface area contributed by atoms with Crippen molar-refractivity contribution in [3.63, 3.8) is 0 Å². The average Bonchev–Trinajstić information content (AvgIpc) is 2.94. The predicted octanol–water partition coefficient (Wildman–Crippen LogP) is 4.75. The fourth-order valence-electron chi connectivity index (χ4n) is 2.72. The van der Waals surface area contributed by atoms with Gasteiger partial charge in [0, 0.05) is 26.3 Å². The number of rotatable bonds is 6. The summed E-state index contributed by atoms with van der Waals surface area (Å²) in [5.41, 5.74) is 3.46. The first-order valence-electron chi connectivity index (χ1n) is 8.78. The minimum absolute atomic E-state index is 0.00598. The number of amides is 1. The van der Waals surface area contributed by atoms with Crippen molar-refractivity contribution in [1.29, 1.82) is 0 Å². The number of thiocarbonyl (C=S) groups is 1. The third kappa shape index (κ3) is 5.08. The molecule has 27 heavy (non-hydrogen) atoms. The largest absolute Gasteiger partial charge is 0.378 e. The van der Waals surface area contributed by atoms with Crippen molar-refractivity contribution >= 4 is 46.0 Å². The molecule has 0 aliphatic carbocycles. The number of hydrogen-bond acceptors (Lipinski definition) is 4. The summed E-state index contributed by atoms with van der Waals surface area (Å²) in [7, 11) is 4.04. The van der Waals surface area contributed by atoms with Crippen molar-refractivity contribution in [2.75, 3.05) is 25.5 Å². The van der Waals surface area contributed by atoms with Gasteiger partial charge in [-0.3, -0.25) is 9.69 Å². The van der Waals surface area contributed by atoms with Crippen molar-refractivity contribution in [1.82, 2.24) is 4.90 Å². The zero-order valence-electron chi connectivity index (χ0n) is 15.5. The van der Waals surface area contributed by atoms with Crippen molar-refractivity contribution in [3.05, 3.63) is 82.8 Å². The van der Waals surface area contributed by atoms with E-state index in [-0.39, 0.29) is 5.91 Å². The standard InChI is InChI=1S/C22H22N2OS2/c1-23(2)19-13-11-18(12-14-19)9-6-10-20-21(25)24(22(26)27-20)16-15-17-7-4-3-5-8-17/h3-14H,15-16H2,1-2H3/b9-6+,20-10-. The number of benzene rings is 2. The van der Waals surface area contributed by atoms with E-state index >= 15 is 0 Å². The summed E-state index contributed by atoms with van der Waals surface area (Å²) >= 11 is 6.76. The number of hydrogen-bond donors (Lipinski definition) is 0. The molecule has 0 aromatic heterocycles. The van der Waals surface area contributed by atoms with Crippen molar-refractivity contribution in [2.45, 2.75) is 6.42 Å². The van der Waals surface area contributed by atoms with Gasteiger partial charge in [-0.15, -0.1) is 0 Å². The fourth-order valence-corrected chi connectivity index (χ4v) is 3.98. The maximum atomic E-state index is 12.6. The SMILES string of the molecule is CN(C)c1ccc(/C=C/C=C2\SC(=S)N(CCc3ccccc3)C2=O)cc1. The van der Waals surface area contributed by atoms with Gasteiger partial charge in [0.15, 0.2) is 0 Å². The third-order valence-corrected chi connectivity index (χ3v) is 5.68. The molecule has 138 valence electrons. The first-order chi connectivity index (χ1) is 13.0. The van der Waals surface area contributed by atoms with Crippen LogP contribution in [0.4, 0.5) is 5.69 Å². The van der Waals surface area contributed by atoms with Crippen LogP contribution in [0.25, 0.3) is 6.08 Å². The topological polar surface area (TPSA) is 23.6 Å². The summed E-state index contributed by atoms with van der Waals surface area (Å²) in [6.45, 7) is 0.613. The summed E-state index contributed by atoms with van der Waals surface area (Å²) in [5, 5.41) is 0. The maximum Gasteiger partial charge on any atom is 0.266 e. The molecule has 5 heteroatoms. The Morgan fingerprint density at radius 2 is 1.78 bits per heavy atom. The molecule has 2 aromatic rings. The Hall–Kier alpha value is -2.37. The molecule has 0 radical (unpaired) electrons. The highest BCUT2D eigenvalue weighted by molar-refractivity contribution is 8.26. The maximum absolute atomic E-state index is 12.6. The van der Waals surface area contributed by atoms with Crippen LogP contribution in [0, 0.1) is 0 Å². The van der Waals surface area contributed by atoms with E-state index in [1.807, 2.05) is 50.5 Å². The average molecular weight is 395 g/mol. The molecule has 2 aromatic carbocycles. The predicted molar refractivity (Wildman–Crippen MR) is 120 cm³/mol. The number of carbonyl (C=O) groups excluding carboxylic acids is 1. The monoisotopic (exact) mass is 394 g/mol. The Bertz CT molecular complexity index is 871. The van der Waals surface area contributed by atoms with Crippen LogP contribution in [0.15, 0.2) is 71.7 Å². The second kappa shape index (κ2) is 9.02. The first kappa shape index (κ1) is 19.4. The van der Waals surface area contributed by atoms with Gasteiger partial charge in [-0.1, -0.05) is 78.6 Å². The van der Waals surface area contributed by atoms with Gasteiger partial charge in [0.1, 0.15) is 4.32 Å². The van der Waals surface area contributed by atoms with Crippen LogP contribution in [0.1, 0.15) is 11.1 Å². The highest BCUT2D eigenvalue weighted by atomic mass is 32.2. The van der Waals surface area contributed by atoms with Gasteiger partial charge >= 0.3 is 0 Å². The Labute approximate surface area is 170 Å². The minimum atomic E-state index is -0.00598. The van der Waals surface area contributed by atoms with Crippen LogP contribution in [-0.4, -0.2) is 35.8 Å². The Balaban J connectivity index is 1.61. The smallest absolute Gasteiger partial charge is 0.266 e. The summed E-state index contributed by atoms with van der Waals surface area (Å²) in [6, 6.07) is 18.4. The Kier molecular flexibility index (Phi) is 6.48. The molecule has 1 aliphatic rings. The van der Waals surface area contributed by atoms with E-state index in [0.717, 1.165) is 17.7 Å². The lowest BCUT2D eigenvalue weighted by atomic mass is 10.1. The number of carbonyl (C=O) groups is 1. The molecule has 1 aliphatic heterocycles. The highest BCUT2D eigenvalue weighted by Crippen LogP contribution is 2.31. The van der Waals surface area contributed by atoms with E-state index in [1.165, 1.54) is 17.3 Å². The van der Waals surface area contributed by atoms with Crippen LogP contribution >= 0.6 is 24.0 Å². The molecule has 1 saturated heterocycles. The molecule has 3 nitrogen and oxygen atoms in total. The second-order valence-electron chi connectivity index (χ2n) is 6.44. The van der Waals surface area contributed by atoms with Gasteiger partial charge in [0.05, 0.1) is 4.91 Å². The molecular weight excluding hydrogens is 372 g/mol. The molecular formula is C22H22N2OS2. The molecule has 0 bridgehead atoms. The van der Waals surface area contributed by atoms with Crippen molar-refractivity contribution in [2.24, 2.45) is 0 Å². The van der Waals surface area contributed by atoms with Gasteiger partial charge in [-0.2, -0.15) is 0 Å². The van der Waals surface area contributed by atoms with Crippen LogP contribution in [-0.2, 0) is 11.2 Å². The molecule has 1 heterocycles. The summed E-state index contributed by atoms with van der Waals surface area (Å²) < 4.78 is 0.630. The summed E-state index contributed by atoms with van der Waals surface area (Å²) in [5.74, 6) is -0.00598. The highest BCUT2D eigenvalue weighted by Gasteiger charge is 2.31. The van der Waals surface area contributed by atoms with E-state index in [4.69, 9.17) is 12.2 Å². The number of allylic oxidation sites excluding steroid dienone is 2. The number of nitrogens with zero attached hydrogens (tertiary/aromatic N) is 2. The molecule has 0 spiro atoms. The molecule has 0 N–H and O–H groups in total. The van der Waals surface area contributed by atoms with Gasteiger partial charge < -0.3 is 4.90 Å². The van der Waals surface area contributed by atoms with Crippen molar-refractivity contribution in [3.8, 4) is 0 Å². The van der Waals surface area contributed by atoms with Gasteiger partial charge in [-0.25, -0.2) is 0 Å². The van der Waals surface area contributed by atoms with Crippen molar-refractivity contribution < 1.29 is 4.79 Å². The first-order valence-corrected chi connectivity index (χ1v) is 10.0. The van der Waals surface area contributed by atoms with Crippen LogP contribution in [0.3, 0.4) is 0 Å². The summed E-state index contributed by atoms with van der Waals surface area (Å²) in [4.78, 5) is 17.0. The lowest BCUT2D eigenvalue weighted by molar-refractivity contribution is -0.122. The van der Waals surface area contributed by atoms with E-state index < -0.39 is 0 Å². The van der Waals surface area contributed by atoms with Crippen LogP contribution < -0.4 is 4.90 Å². The van der Waals surface area contributed by atoms with Crippen LogP contribution in [0.2, 0.25) is 0 Å². The van der Waals surface area contributed by atoms with E-state index in [0.29, 0.717) is 15.8 Å². The molecule has 0 saturated carbocycles. The Morgan fingerprint density at radius 1 is 1.07 bits per heavy atom. The van der Waals surface area contributed by atoms with Gasteiger partial charge in [0.25, 0.3) is 5.91 Å².